The fourth-order valence-corrected chi connectivity index (χ4v) is 4.33. The van der Waals surface area contributed by atoms with Crippen LogP contribution in [0.2, 0.25) is 0 Å². The number of rotatable bonds is 2. The maximum atomic E-state index is 12.9. The monoisotopic (exact) mass is 358 g/mol. The number of nitrogens with zero attached hydrogens (tertiary/aromatic N) is 3. The van der Waals surface area contributed by atoms with E-state index in [1.54, 1.807) is 0 Å². The number of aromatic amines is 1. The Morgan fingerprint density at radius 1 is 1.19 bits per heavy atom. The Hall–Kier alpha value is -3.08. The van der Waals surface area contributed by atoms with Gasteiger partial charge < -0.3 is 14.5 Å². The molecule has 0 saturated carbocycles. The second-order valence-electron chi connectivity index (χ2n) is 7.42. The number of likely N-dealkylation sites (tertiary alicyclic amines) is 1. The van der Waals surface area contributed by atoms with E-state index in [1.807, 2.05) is 47.6 Å². The SMILES string of the molecule is Cn1cc(C2CCN(C(=O)c3ccc4[nH]ccc4c3)CC2)c2cccnc21. The second kappa shape index (κ2) is 6.27. The van der Waals surface area contributed by atoms with Crippen LogP contribution in [0.15, 0.2) is 55.0 Å². The fourth-order valence-electron chi connectivity index (χ4n) is 4.33. The van der Waals surface area contributed by atoms with Crippen molar-refractivity contribution in [2.24, 2.45) is 7.05 Å². The van der Waals surface area contributed by atoms with Gasteiger partial charge in [0.15, 0.2) is 0 Å². The number of hydrogen-bond acceptors (Lipinski definition) is 2. The first kappa shape index (κ1) is 16.1. The quantitative estimate of drug-likeness (QED) is 0.587. The number of amides is 1. The number of piperidine rings is 1. The molecule has 5 heteroatoms. The zero-order valence-corrected chi connectivity index (χ0v) is 15.4. The number of aromatic nitrogens is 3. The van der Waals surface area contributed by atoms with E-state index in [4.69, 9.17) is 0 Å². The molecule has 0 aliphatic carbocycles. The standard InChI is InChI=1S/C22H22N4O/c1-25-14-19(18-3-2-9-24-21(18)25)15-7-11-26(12-8-15)22(27)17-4-5-20-16(13-17)6-10-23-20/h2-6,9-10,13-15,23H,7-8,11-12H2,1H3. The van der Waals surface area contributed by atoms with Gasteiger partial charge in [0.2, 0.25) is 0 Å². The molecule has 4 aromatic rings. The minimum Gasteiger partial charge on any atom is -0.361 e. The van der Waals surface area contributed by atoms with Gasteiger partial charge in [0.25, 0.3) is 5.91 Å². The van der Waals surface area contributed by atoms with Gasteiger partial charge in [-0.2, -0.15) is 0 Å². The lowest BCUT2D eigenvalue weighted by Gasteiger charge is -2.32. The number of hydrogen-bond donors (Lipinski definition) is 1. The molecule has 0 spiro atoms. The topological polar surface area (TPSA) is 53.9 Å². The first-order valence-electron chi connectivity index (χ1n) is 9.47. The summed E-state index contributed by atoms with van der Waals surface area (Å²) in [7, 11) is 2.05. The lowest BCUT2D eigenvalue weighted by atomic mass is 9.89. The summed E-state index contributed by atoms with van der Waals surface area (Å²) in [5, 5.41) is 2.32. The van der Waals surface area contributed by atoms with Crippen LogP contribution < -0.4 is 0 Å². The van der Waals surface area contributed by atoms with Gasteiger partial charge in [-0.15, -0.1) is 0 Å². The van der Waals surface area contributed by atoms with Crippen molar-refractivity contribution in [3.8, 4) is 0 Å². The largest absolute Gasteiger partial charge is 0.361 e. The van der Waals surface area contributed by atoms with Crippen molar-refractivity contribution in [2.45, 2.75) is 18.8 Å². The van der Waals surface area contributed by atoms with E-state index in [9.17, 15) is 4.79 Å². The Morgan fingerprint density at radius 2 is 2.04 bits per heavy atom. The molecule has 0 radical (unpaired) electrons. The predicted molar refractivity (Wildman–Crippen MR) is 107 cm³/mol. The molecule has 1 N–H and O–H groups in total. The minimum absolute atomic E-state index is 0.135. The molecule has 5 nitrogen and oxygen atoms in total. The lowest BCUT2D eigenvalue weighted by molar-refractivity contribution is 0.0713. The van der Waals surface area contributed by atoms with Crippen LogP contribution in [0.5, 0.6) is 0 Å². The van der Waals surface area contributed by atoms with E-state index < -0.39 is 0 Å². The molecule has 1 aliphatic rings. The van der Waals surface area contributed by atoms with Crippen molar-refractivity contribution in [1.29, 1.82) is 0 Å². The van der Waals surface area contributed by atoms with Crippen LogP contribution in [0.1, 0.15) is 34.7 Å². The highest BCUT2D eigenvalue weighted by molar-refractivity contribution is 5.98. The molecule has 5 rings (SSSR count). The normalized spacial score (nSPS) is 15.7. The van der Waals surface area contributed by atoms with E-state index in [2.05, 4.69) is 33.8 Å². The summed E-state index contributed by atoms with van der Waals surface area (Å²) in [4.78, 5) is 22.6. The molecule has 3 aromatic heterocycles. The van der Waals surface area contributed by atoms with Crippen LogP contribution in [0, 0.1) is 0 Å². The smallest absolute Gasteiger partial charge is 0.253 e. The number of aryl methyl sites for hydroxylation is 1. The molecule has 4 heterocycles. The third kappa shape index (κ3) is 2.70. The first-order valence-corrected chi connectivity index (χ1v) is 9.47. The Bertz CT molecular complexity index is 1130. The third-order valence-corrected chi connectivity index (χ3v) is 5.79. The Balaban J connectivity index is 1.34. The summed E-state index contributed by atoms with van der Waals surface area (Å²) >= 11 is 0. The first-order chi connectivity index (χ1) is 13.2. The Morgan fingerprint density at radius 3 is 2.89 bits per heavy atom. The molecular weight excluding hydrogens is 336 g/mol. The summed E-state index contributed by atoms with van der Waals surface area (Å²) in [6.45, 7) is 1.59. The molecule has 1 saturated heterocycles. The molecule has 1 aliphatic heterocycles. The predicted octanol–water partition coefficient (Wildman–Crippen LogP) is 4.07. The average Bonchev–Trinajstić information content (AvgIpc) is 3.32. The van der Waals surface area contributed by atoms with Crippen LogP contribution in [-0.4, -0.2) is 38.4 Å². The van der Waals surface area contributed by atoms with Crippen molar-refractivity contribution >= 4 is 27.8 Å². The molecule has 27 heavy (non-hydrogen) atoms. The number of carbonyl (C=O) groups excluding carboxylic acids is 1. The maximum absolute atomic E-state index is 12.9. The highest BCUT2D eigenvalue weighted by atomic mass is 16.2. The number of H-pyrrole nitrogens is 1. The summed E-state index contributed by atoms with van der Waals surface area (Å²) in [5.74, 6) is 0.616. The van der Waals surface area contributed by atoms with Crippen molar-refractivity contribution in [3.63, 3.8) is 0 Å². The van der Waals surface area contributed by atoms with Gasteiger partial charge in [-0.05, 0) is 60.7 Å². The third-order valence-electron chi connectivity index (χ3n) is 5.79. The van der Waals surface area contributed by atoms with Crippen molar-refractivity contribution < 1.29 is 4.79 Å². The van der Waals surface area contributed by atoms with Crippen LogP contribution in [0.4, 0.5) is 0 Å². The number of carbonyl (C=O) groups is 1. The number of benzene rings is 1. The molecule has 0 atom stereocenters. The van der Waals surface area contributed by atoms with Gasteiger partial charge in [0.05, 0.1) is 0 Å². The highest BCUT2D eigenvalue weighted by Crippen LogP contribution is 2.34. The minimum atomic E-state index is 0.135. The average molecular weight is 358 g/mol. The van der Waals surface area contributed by atoms with Gasteiger partial charge in [0, 0.05) is 60.6 Å². The molecule has 1 aromatic carbocycles. The molecule has 136 valence electrons. The molecular formula is C22H22N4O. The molecule has 1 amide bonds. The number of fused-ring (bicyclic) bond motifs is 2. The highest BCUT2D eigenvalue weighted by Gasteiger charge is 2.26. The van der Waals surface area contributed by atoms with E-state index in [-0.39, 0.29) is 5.91 Å². The lowest BCUT2D eigenvalue weighted by Crippen LogP contribution is -2.37. The molecule has 1 fully saturated rings. The summed E-state index contributed by atoms with van der Waals surface area (Å²) in [6.07, 6.45) is 7.94. The Kier molecular flexibility index (Phi) is 3.74. The van der Waals surface area contributed by atoms with E-state index in [1.165, 1.54) is 10.9 Å². The number of pyridine rings is 1. The van der Waals surface area contributed by atoms with Gasteiger partial charge in [-0.3, -0.25) is 4.79 Å². The van der Waals surface area contributed by atoms with Gasteiger partial charge >= 0.3 is 0 Å². The maximum Gasteiger partial charge on any atom is 0.253 e. The zero-order valence-electron chi connectivity index (χ0n) is 15.4. The van der Waals surface area contributed by atoms with E-state index in [0.29, 0.717) is 5.92 Å². The van der Waals surface area contributed by atoms with Crippen molar-refractivity contribution in [2.75, 3.05) is 13.1 Å². The Labute approximate surface area is 157 Å². The van der Waals surface area contributed by atoms with E-state index >= 15 is 0 Å². The summed E-state index contributed by atoms with van der Waals surface area (Å²) < 4.78 is 2.11. The summed E-state index contributed by atoms with van der Waals surface area (Å²) in [6, 6.07) is 12.1. The van der Waals surface area contributed by atoms with Crippen LogP contribution in [0.3, 0.4) is 0 Å². The van der Waals surface area contributed by atoms with Gasteiger partial charge in [-0.25, -0.2) is 4.98 Å². The number of nitrogens with one attached hydrogen (secondary N) is 1. The zero-order chi connectivity index (χ0) is 18.4. The van der Waals surface area contributed by atoms with Crippen molar-refractivity contribution in [3.05, 3.63) is 66.1 Å². The molecule has 0 unspecified atom stereocenters. The van der Waals surface area contributed by atoms with Crippen LogP contribution >= 0.6 is 0 Å². The van der Waals surface area contributed by atoms with Crippen LogP contribution in [0.25, 0.3) is 21.9 Å². The van der Waals surface area contributed by atoms with E-state index in [0.717, 1.165) is 48.0 Å². The van der Waals surface area contributed by atoms with Crippen molar-refractivity contribution in [1.82, 2.24) is 19.4 Å². The second-order valence-corrected chi connectivity index (χ2v) is 7.42. The summed E-state index contributed by atoms with van der Waals surface area (Å²) in [5.41, 5.74) is 4.23. The van der Waals surface area contributed by atoms with Gasteiger partial charge in [0.1, 0.15) is 5.65 Å². The molecule has 0 bridgehead atoms. The van der Waals surface area contributed by atoms with Gasteiger partial charge in [-0.1, -0.05) is 0 Å². The van der Waals surface area contributed by atoms with Crippen LogP contribution in [-0.2, 0) is 7.05 Å². The fraction of sp³-hybridized carbons (Fsp3) is 0.273.